The number of carbonyl (C=O) groups is 1. The summed E-state index contributed by atoms with van der Waals surface area (Å²) in [6.07, 6.45) is 1.02. The maximum Gasteiger partial charge on any atom is 0.259 e. The summed E-state index contributed by atoms with van der Waals surface area (Å²) >= 11 is 0. The van der Waals surface area contributed by atoms with Gasteiger partial charge in [-0.25, -0.2) is 0 Å². The van der Waals surface area contributed by atoms with Crippen LogP contribution in [0.15, 0.2) is 29.2 Å². The number of methoxy groups -OCH3 is 1. The maximum absolute atomic E-state index is 12.6. The zero-order valence-corrected chi connectivity index (χ0v) is 12.7. The third-order valence-corrected chi connectivity index (χ3v) is 3.95. The van der Waals surface area contributed by atoms with Crippen molar-refractivity contribution < 1.29 is 19.4 Å². The molecule has 1 aromatic carbocycles. The number of amides is 1. The van der Waals surface area contributed by atoms with Gasteiger partial charge in [0.25, 0.3) is 5.91 Å². The minimum absolute atomic E-state index is 0.0845. The molecule has 2 N–H and O–H groups in total. The highest BCUT2D eigenvalue weighted by Crippen LogP contribution is 2.17. The molecular formula is C16H18N2O5. The Morgan fingerprint density at radius 1 is 1.52 bits per heavy atom. The lowest BCUT2D eigenvalue weighted by Gasteiger charge is -2.31. The van der Waals surface area contributed by atoms with Gasteiger partial charge in [0.2, 0.25) is 5.43 Å². The minimum Gasteiger partial charge on any atom is -0.497 e. The van der Waals surface area contributed by atoms with Crippen LogP contribution in [0.4, 0.5) is 0 Å². The smallest absolute Gasteiger partial charge is 0.259 e. The van der Waals surface area contributed by atoms with Crippen molar-refractivity contribution in [1.82, 2.24) is 9.88 Å². The molecule has 7 nitrogen and oxygen atoms in total. The van der Waals surface area contributed by atoms with E-state index in [9.17, 15) is 9.59 Å². The first-order valence-electron chi connectivity index (χ1n) is 7.35. The fourth-order valence-corrected chi connectivity index (χ4v) is 2.67. The number of aliphatic hydroxyl groups excluding tert-OH is 1. The number of benzene rings is 1. The van der Waals surface area contributed by atoms with E-state index in [-0.39, 0.29) is 30.1 Å². The van der Waals surface area contributed by atoms with Crippen LogP contribution in [0.25, 0.3) is 10.9 Å². The van der Waals surface area contributed by atoms with Crippen LogP contribution in [0.3, 0.4) is 0 Å². The Morgan fingerprint density at radius 3 is 3.09 bits per heavy atom. The van der Waals surface area contributed by atoms with Crippen LogP contribution in [-0.4, -0.2) is 60.4 Å². The molecule has 7 heteroatoms. The zero-order chi connectivity index (χ0) is 16.4. The highest BCUT2D eigenvalue weighted by Gasteiger charge is 2.26. The van der Waals surface area contributed by atoms with E-state index < -0.39 is 6.10 Å². The molecule has 0 aliphatic carbocycles. The van der Waals surface area contributed by atoms with E-state index in [1.54, 1.807) is 25.3 Å². The fraction of sp³-hybridized carbons (Fsp3) is 0.375. The van der Waals surface area contributed by atoms with Gasteiger partial charge in [-0.15, -0.1) is 0 Å². The van der Waals surface area contributed by atoms with E-state index in [1.165, 1.54) is 11.1 Å². The predicted octanol–water partition coefficient (Wildman–Crippen LogP) is 0.370. The number of carbonyl (C=O) groups excluding carboxylic acids is 1. The van der Waals surface area contributed by atoms with Gasteiger partial charge in [-0.2, -0.15) is 0 Å². The molecule has 1 atom stereocenters. The first kappa shape index (κ1) is 15.5. The molecule has 1 fully saturated rings. The second kappa shape index (κ2) is 6.39. The van der Waals surface area contributed by atoms with Gasteiger partial charge in [0.15, 0.2) is 0 Å². The molecule has 1 saturated heterocycles. The molecule has 1 amide bonds. The molecule has 1 aliphatic rings. The molecule has 2 heterocycles. The van der Waals surface area contributed by atoms with E-state index in [2.05, 4.69) is 4.98 Å². The van der Waals surface area contributed by atoms with Gasteiger partial charge >= 0.3 is 0 Å². The van der Waals surface area contributed by atoms with Crippen LogP contribution in [0, 0.1) is 0 Å². The van der Waals surface area contributed by atoms with Gasteiger partial charge in [0.05, 0.1) is 31.9 Å². The number of H-pyrrole nitrogens is 1. The van der Waals surface area contributed by atoms with Crippen molar-refractivity contribution in [2.45, 2.75) is 6.10 Å². The minimum atomic E-state index is -0.406. The highest BCUT2D eigenvalue weighted by molar-refractivity contribution is 5.97. The lowest BCUT2D eigenvalue weighted by atomic mass is 10.1. The number of hydrogen-bond donors (Lipinski definition) is 2. The number of pyridine rings is 1. The summed E-state index contributed by atoms with van der Waals surface area (Å²) in [7, 11) is 1.55. The van der Waals surface area contributed by atoms with E-state index in [4.69, 9.17) is 14.6 Å². The second-order valence-electron chi connectivity index (χ2n) is 5.37. The quantitative estimate of drug-likeness (QED) is 0.853. The zero-order valence-electron chi connectivity index (χ0n) is 12.7. The fourth-order valence-electron chi connectivity index (χ4n) is 2.67. The van der Waals surface area contributed by atoms with E-state index in [0.29, 0.717) is 29.8 Å². The number of aromatic amines is 1. The second-order valence-corrected chi connectivity index (χ2v) is 5.37. The molecule has 1 unspecified atom stereocenters. The predicted molar refractivity (Wildman–Crippen MR) is 83.9 cm³/mol. The number of rotatable bonds is 3. The maximum atomic E-state index is 12.6. The molecular weight excluding hydrogens is 300 g/mol. The molecule has 0 radical (unpaired) electrons. The van der Waals surface area contributed by atoms with Crippen LogP contribution < -0.4 is 10.2 Å². The van der Waals surface area contributed by atoms with Crippen LogP contribution >= 0.6 is 0 Å². The van der Waals surface area contributed by atoms with Crippen molar-refractivity contribution in [3.63, 3.8) is 0 Å². The number of nitrogens with one attached hydrogen (secondary N) is 1. The third kappa shape index (κ3) is 2.93. The first-order chi connectivity index (χ1) is 11.1. The summed E-state index contributed by atoms with van der Waals surface area (Å²) in [5, 5.41) is 9.60. The van der Waals surface area contributed by atoms with Crippen molar-refractivity contribution in [2.75, 3.05) is 33.4 Å². The number of fused-ring (bicyclic) bond motifs is 1. The molecule has 0 saturated carbocycles. The Bertz CT molecular complexity index is 786. The summed E-state index contributed by atoms with van der Waals surface area (Å²) in [5.74, 6) is 0.275. The summed E-state index contributed by atoms with van der Waals surface area (Å²) < 4.78 is 10.5. The van der Waals surface area contributed by atoms with Gasteiger partial charge < -0.3 is 24.5 Å². The third-order valence-electron chi connectivity index (χ3n) is 3.95. The Labute approximate surface area is 132 Å². The van der Waals surface area contributed by atoms with Crippen molar-refractivity contribution in [3.8, 4) is 5.75 Å². The number of morpholine rings is 1. The van der Waals surface area contributed by atoms with Gasteiger partial charge in [-0.1, -0.05) is 0 Å². The highest BCUT2D eigenvalue weighted by atomic mass is 16.5. The van der Waals surface area contributed by atoms with Crippen molar-refractivity contribution >= 4 is 16.8 Å². The topological polar surface area (TPSA) is 91.9 Å². The Balaban J connectivity index is 1.95. The van der Waals surface area contributed by atoms with Gasteiger partial charge in [0, 0.05) is 30.7 Å². The molecule has 1 aliphatic heterocycles. The number of aliphatic hydroxyl groups is 1. The first-order valence-corrected chi connectivity index (χ1v) is 7.35. The van der Waals surface area contributed by atoms with Crippen LogP contribution in [0.5, 0.6) is 5.75 Å². The standard InChI is InChI=1S/C16H18N2O5/c1-22-10-2-3-12-14(6-10)17-7-13(15(12)20)16(21)18-4-5-23-11(8-18)9-19/h2-3,6-7,11,19H,4-5,8-9H2,1H3,(H,17,20). The average Bonchev–Trinajstić information content (AvgIpc) is 2.61. The largest absolute Gasteiger partial charge is 0.497 e. The average molecular weight is 318 g/mol. The van der Waals surface area contributed by atoms with Crippen molar-refractivity contribution in [2.24, 2.45) is 0 Å². The van der Waals surface area contributed by atoms with Crippen LogP contribution in [0.2, 0.25) is 0 Å². The molecule has 1 aromatic heterocycles. The van der Waals surface area contributed by atoms with E-state index in [1.807, 2.05) is 0 Å². The molecule has 23 heavy (non-hydrogen) atoms. The van der Waals surface area contributed by atoms with Gasteiger partial charge in [0.1, 0.15) is 11.3 Å². The van der Waals surface area contributed by atoms with E-state index in [0.717, 1.165) is 0 Å². The Hall–Kier alpha value is -2.38. The molecule has 0 bridgehead atoms. The lowest BCUT2D eigenvalue weighted by molar-refractivity contribution is -0.0447. The monoisotopic (exact) mass is 318 g/mol. The molecule has 0 spiro atoms. The summed E-state index contributed by atoms with van der Waals surface area (Å²) in [6.45, 7) is 0.863. The Kier molecular flexibility index (Phi) is 4.31. The number of nitrogens with zero attached hydrogens (tertiary/aromatic N) is 1. The number of hydrogen-bond acceptors (Lipinski definition) is 5. The van der Waals surface area contributed by atoms with Crippen LogP contribution in [0.1, 0.15) is 10.4 Å². The normalized spacial score (nSPS) is 18.2. The lowest BCUT2D eigenvalue weighted by Crippen LogP contribution is -2.47. The van der Waals surface area contributed by atoms with Crippen LogP contribution in [-0.2, 0) is 4.74 Å². The summed E-state index contributed by atoms with van der Waals surface area (Å²) in [4.78, 5) is 29.7. The Morgan fingerprint density at radius 2 is 2.35 bits per heavy atom. The van der Waals surface area contributed by atoms with Gasteiger partial charge in [-0.05, 0) is 12.1 Å². The molecule has 3 rings (SSSR count). The SMILES string of the molecule is COc1ccc2c(=O)c(C(=O)N3CCOC(CO)C3)c[nH]c2c1. The van der Waals surface area contributed by atoms with E-state index >= 15 is 0 Å². The summed E-state index contributed by atoms with van der Waals surface area (Å²) in [6, 6.07) is 5.03. The summed E-state index contributed by atoms with van der Waals surface area (Å²) in [5.41, 5.74) is 0.376. The number of aromatic nitrogens is 1. The molecule has 122 valence electrons. The molecule has 2 aromatic rings. The van der Waals surface area contributed by atoms with Crippen molar-refractivity contribution in [1.29, 1.82) is 0 Å². The van der Waals surface area contributed by atoms with Gasteiger partial charge in [-0.3, -0.25) is 9.59 Å². The van der Waals surface area contributed by atoms with Crippen molar-refractivity contribution in [3.05, 3.63) is 40.2 Å². The number of ether oxygens (including phenoxy) is 2.